The quantitative estimate of drug-likeness (QED) is 0.812. The molecule has 2 nitrogen and oxygen atoms in total. The van der Waals surface area contributed by atoms with Crippen LogP contribution in [-0.4, -0.2) is 5.91 Å². The molecule has 1 N–H and O–H groups in total. The Hall–Kier alpha value is -1.51. The predicted octanol–water partition coefficient (Wildman–Crippen LogP) is 5.15. The Labute approximate surface area is 147 Å². The summed E-state index contributed by atoms with van der Waals surface area (Å²) in [4.78, 5) is 12.0. The van der Waals surface area contributed by atoms with Crippen LogP contribution in [0.3, 0.4) is 0 Å². The fraction of sp³-hybridized carbons (Fsp3) is 0.316. The Balaban J connectivity index is 1.91. The van der Waals surface area contributed by atoms with Gasteiger partial charge in [0.2, 0.25) is 5.91 Å². The molecule has 2 aromatic rings. The molecule has 23 heavy (non-hydrogen) atoms. The van der Waals surface area contributed by atoms with E-state index in [0.29, 0.717) is 16.6 Å². The van der Waals surface area contributed by atoms with Crippen molar-refractivity contribution in [3.05, 3.63) is 69.2 Å². The highest BCUT2D eigenvalue weighted by atomic mass is 35.5. The maximum atomic E-state index is 12.0. The number of rotatable bonds is 4. The Morgan fingerprint density at radius 2 is 1.70 bits per heavy atom. The third-order valence-corrected chi connectivity index (χ3v) is 4.26. The molecule has 122 valence electrons. The van der Waals surface area contributed by atoms with Crippen LogP contribution in [0.2, 0.25) is 10.0 Å². The first-order valence-corrected chi connectivity index (χ1v) is 8.31. The molecule has 0 saturated heterocycles. The first-order chi connectivity index (χ1) is 10.8. The molecule has 0 fully saturated rings. The fourth-order valence-electron chi connectivity index (χ4n) is 2.22. The summed E-state index contributed by atoms with van der Waals surface area (Å²) in [6.07, 6.45) is 0.246. The fourth-order valence-corrected chi connectivity index (χ4v) is 2.70. The van der Waals surface area contributed by atoms with Crippen molar-refractivity contribution in [1.29, 1.82) is 0 Å². The van der Waals surface area contributed by atoms with E-state index in [1.165, 1.54) is 5.56 Å². The highest BCUT2D eigenvalue weighted by molar-refractivity contribution is 6.35. The van der Waals surface area contributed by atoms with Crippen LogP contribution in [0, 0.1) is 0 Å². The second-order valence-electron chi connectivity index (χ2n) is 6.64. The van der Waals surface area contributed by atoms with Gasteiger partial charge in [-0.2, -0.15) is 0 Å². The molecule has 2 aromatic carbocycles. The number of hydrogen-bond acceptors (Lipinski definition) is 1. The first-order valence-electron chi connectivity index (χ1n) is 7.56. The van der Waals surface area contributed by atoms with Crippen LogP contribution in [0.1, 0.15) is 37.5 Å². The molecule has 0 atom stereocenters. The molecule has 2 rings (SSSR count). The van der Waals surface area contributed by atoms with E-state index < -0.39 is 0 Å². The second-order valence-corrected chi connectivity index (χ2v) is 7.48. The molecule has 0 aliphatic heterocycles. The lowest BCUT2D eigenvalue weighted by molar-refractivity contribution is -0.120. The molecule has 0 saturated carbocycles. The second kappa shape index (κ2) is 7.37. The first kappa shape index (κ1) is 17.8. The van der Waals surface area contributed by atoms with E-state index in [9.17, 15) is 4.79 Å². The Morgan fingerprint density at radius 3 is 2.26 bits per heavy atom. The molecule has 4 heteroatoms. The van der Waals surface area contributed by atoms with Gasteiger partial charge in [-0.25, -0.2) is 0 Å². The van der Waals surface area contributed by atoms with Crippen molar-refractivity contribution in [2.75, 3.05) is 0 Å². The zero-order chi connectivity index (χ0) is 17.0. The maximum absolute atomic E-state index is 12.0. The van der Waals surface area contributed by atoms with E-state index >= 15 is 0 Å². The number of carbonyl (C=O) groups excluding carboxylic acids is 1. The lowest BCUT2D eigenvalue weighted by Gasteiger charge is -2.19. The predicted molar refractivity (Wildman–Crippen MR) is 97.2 cm³/mol. The summed E-state index contributed by atoms with van der Waals surface area (Å²) in [6, 6.07) is 13.5. The van der Waals surface area contributed by atoms with E-state index in [1.54, 1.807) is 18.2 Å². The average molecular weight is 350 g/mol. The van der Waals surface area contributed by atoms with Gasteiger partial charge < -0.3 is 5.32 Å². The lowest BCUT2D eigenvalue weighted by atomic mass is 9.87. The molecular formula is C19H21Cl2NO. The van der Waals surface area contributed by atoms with Gasteiger partial charge in [-0.15, -0.1) is 0 Å². The van der Waals surface area contributed by atoms with Crippen LogP contribution in [0.5, 0.6) is 0 Å². The SMILES string of the molecule is CC(C)(C)c1ccc(CNC(=O)Cc2ccc(Cl)cc2Cl)cc1. The van der Waals surface area contributed by atoms with Crippen molar-refractivity contribution in [2.24, 2.45) is 0 Å². The van der Waals surface area contributed by atoms with Crippen molar-refractivity contribution >= 4 is 29.1 Å². The minimum atomic E-state index is -0.0610. The van der Waals surface area contributed by atoms with Crippen molar-refractivity contribution in [2.45, 2.75) is 39.2 Å². The minimum Gasteiger partial charge on any atom is -0.352 e. The van der Waals surface area contributed by atoms with Gasteiger partial charge in [0.1, 0.15) is 0 Å². The van der Waals surface area contributed by atoms with E-state index in [2.05, 4.69) is 50.4 Å². The standard InChI is InChI=1S/C19H21Cl2NO/c1-19(2,3)15-7-4-13(5-8-15)12-22-18(23)10-14-6-9-16(20)11-17(14)21/h4-9,11H,10,12H2,1-3H3,(H,22,23). The average Bonchev–Trinajstić information content (AvgIpc) is 2.47. The van der Waals surface area contributed by atoms with E-state index in [4.69, 9.17) is 23.2 Å². The zero-order valence-electron chi connectivity index (χ0n) is 13.6. The summed E-state index contributed by atoms with van der Waals surface area (Å²) in [5.74, 6) is -0.0610. The normalized spacial score (nSPS) is 11.3. The molecular weight excluding hydrogens is 329 g/mol. The number of halogens is 2. The lowest BCUT2D eigenvalue weighted by Crippen LogP contribution is -2.24. The van der Waals surface area contributed by atoms with E-state index in [0.717, 1.165) is 11.1 Å². The molecule has 0 aromatic heterocycles. The van der Waals surface area contributed by atoms with Gasteiger partial charge in [0.05, 0.1) is 6.42 Å². The van der Waals surface area contributed by atoms with Crippen molar-refractivity contribution in [1.82, 2.24) is 5.32 Å². The summed E-state index contributed by atoms with van der Waals surface area (Å²) in [7, 11) is 0. The van der Waals surface area contributed by atoms with Gasteiger partial charge in [0, 0.05) is 16.6 Å². The Bertz CT molecular complexity index is 688. The molecule has 0 aliphatic rings. The molecule has 0 bridgehead atoms. The zero-order valence-corrected chi connectivity index (χ0v) is 15.1. The van der Waals surface area contributed by atoms with Gasteiger partial charge in [0.25, 0.3) is 0 Å². The molecule has 1 amide bonds. The molecule has 0 heterocycles. The van der Waals surface area contributed by atoms with E-state index in [1.807, 2.05) is 0 Å². The largest absolute Gasteiger partial charge is 0.352 e. The van der Waals surface area contributed by atoms with Crippen molar-refractivity contribution in [3.8, 4) is 0 Å². The highest BCUT2D eigenvalue weighted by Crippen LogP contribution is 2.23. The van der Waals surface area contributed by atoms with Gasteiger partial charge in [-0.3, -0.25) is 4.79 Å². The monoisotopic (exact) mass is 349 g/mol. The summed E-state index contributed by atoms with van der Waals surface area (Å²) in [5.41, 5.74) is 3.26. The Morgan fingerprint density at radius 1 is 1.04 bits per heavy atom. The topological polar surface area (TPSA) is 29.1 Å². The minimum absolute atomic E-state index is 0.0610. The maximum Gasteiger partial charge on any atom is 0.224 e. The summed E-state index contributed by atoms with van der Waals surface area (Å²) in [6.45, 7) is 7.05. The van der Waals surface area contributed by atoms with Crippen LogP contribution < -0.4 is 5.32 Å². The third kappa shape index (κ3) is 5.26. The highest BCUT2D eigenvalue weighted by Gasteiger charge is 2.13. The molecule has 0 spiro atoms. The smallest absolute Gasteiger partial charge is 0.224 e. The van der Waals surface area contributed by atoms with Crippen molar-refractivity contribution < 1.29 is 4.79 Å². The van der Waals surface area contributed by atoms with E-state index in [-0.39, 0.29) is 17.7 Å². The summed E-state index contributed by atoms with van der Waals surface area (Å²) < 4.78 is 0. The van der Waals surface area contributed by atoms with Crippen LogP contribution in [0.15, 0.2) is 42.5 Å². The molecule has 0 unspecified atom stereocenters. The Kier molecular flexibility index (Phi) is 5.72. The number of carbonyl (C=O) groups is 1. The number of hydrogen-bond donors (Lipinski definition) is 1. The van der Waals surface area contributed by atoms with Crippen molar-refractivity contribution in [3.63, 3.8) is 0 Å². The third-order valence-electron chi connectivity index (χ3n) is 3.68. The van der Waals surface area contributed by atoms with Crippen LogP contribution in [0.25, 0.3) is 0 Å². The number of benzene rings is 2. The number of nitrogens with one attached hydrogen (secondary N) is 1. The van der Waals surface area contributed by atoms with Gasteiger partial charge in [0.15, 0.2) is 0 Å². The molecule has 0 radical (unpaired) electrons. The van der Waals surface area contributed by atoms with Gasteiger partial charge in [-0.1, -0.05) is 74.3 Å². The van der Waals surface area contributed by atoms with Crippen LogP contribution in [0.4, 0.5) is 0 Å². The van der Waals surface area contributed by atoms with Gasteiger partial charge in [-0.05, 0) is 34.2 Å². The van der Waals surface area contributed by atoms with Crippen LogP contribution in [-0.2, 0) is 23.2 Å². The van der Waals surface area contributed by atoms with Crippen LogP contribution >= 0.6 is 23.2 Å². The summed E-state index contributed by atoms with van der Waals surface area (Å²) in [5, 5.41) is 4.00. The number of amides is 1. The summed E-state index contributed by atoms with van der Waals surface area (Å²) >= 11 is 11.9. The van der Waals surface area contributed by atoms with Gasteiger partial charge >= 0.3 is 0 Å². The molecule has 0 aliphatic carbocycles.